The Balaban J connectivity index is 2.83. The molecule has 0 aliphatic carbocycles. The monoisotopic (exact) mass is 251 g/mol. The lowest BCUT2D eigenvalue weighted by Crippen LogP contribution is -2.28. The zero-order valence-corrected chi connectivity index (χ0v) is 10.4. The Bertz CT molecular complexity index is 446. The van der Waals surface area contributed by atoms with Crippen LogP contribution in [-0.2, 0) is 4.74 Å². The second-order valence-electron chi connectivity index (χ2n) is 3.03. The topological polar surface area (TPSA) is 62.7 Å². The van der Waals surface area contributed by atoms with E-state index in [2.05, 4.69) is 20.6 Å². The van der Waals surface area contributed by atoms with Gasteiger partial charge in [-0.1, -0.05) is 18.2 Å². The van der Waals surface area contributed by atoms with E-state index in [0.717, 1.165) is 0 Å². The third-order valence-electron chi connectivity index (χ3n) is 1.96. The summed E-state index contributed by atoms with van der Waals surface area (Å²) in [6, 6.07) is 7.00. The predicted molar refractivity (Wildman–Crippen MR) is 70.2 cm³/mol. The number of nitrogens with one attached hydrogen (secondary N) is 2. The van der Waals surface area contributed by atoms with E-state index < -0.39 is 5.97 Å². The molecule has 17 heavy (non-hydrogen) atoms. The van der Waals surface area contributed by atoms with Crippen LogP contribution in [0.4, 0.5) is 0 Å². The molecule has 0 aliphatic rings. The molecule has 0 radical (unpaired) electrons. The van der Waals surface area contributed by atoms with Crippen molar-refractivity contribution < 1.29 is 9.53 Å². The molecule has 0 bridgehead atoms. The van der Waals surface area contributed by atoms with Gasteiger partial charge >= 0.3 is 5.97 Å². The first kappa shape index (κ1) is 13.1. The molecule has 1 rings (SSSR count). The summed E-state index contributed by atoms with van der Waals surface area (Å²) < 4.78 is 4.67. The van der Waals surface area contributed by atoms with Crippen molar-refractivity contribution in [1.82, 2.24) is 10.7 Å². The van der Waals surface area contributed by atoms with Crippen LogP contribution in [0.3, 0.4) is 0 Å². The number of benzene rings is 1. The minimum Gasteiger partial charge on any atom is -0.465 e. The first-order chi connectivity index (χ1) is 8.19. The number of hydrazone groups is 1. The number of hydrogen-bond donors (Lipinski definition) is 2. The largest absolute Gasteiger partial charge is 0.465 e. The third-order valence-corrected chi connectivity index (χ3v) is 2.26. The lowest BCUT2D eigenvalue weighted by atomic mass is 10.1. The Morgan fingerprint density at radius 3 is 2.82 bits per heavy atom. The number of nitrogens with zero attached hydrogens (tertiary/aromatic N) is 1. The normalized spacial score (nSPS) is 10.0. The van der Waals surface area contributed by atoms with E-state index in [0.29, 0.717) is 16.2 Å². The van der Waals surface area contributed by atoms with Gasteiger partial charge in [0.1, 0.15) is 0 Å². The van der Waals surface area contributed by atoms with Gasteiger partial charge in [-0.2, -0.15) is 5.10 Å². The van der Waals surface area contributed by atoms with Crippen LogP contribution in [-0.4, -0.2) is 31.5 Å². The first-order valence-electron chi connectivity index (χ1n) is 4.87. The summed E-state index contributed by atoms with van der Waals surface area (Å²) in [5.41, 5.74) is 3.72. The maximum absolute atomic E-state index is 11.4. The van der Waals surface area contributed by atoms with E-state index in [-0.39, 0.29) is 0 Å². The summed E-state index contributed by atoms with van der Waals surface area (Å²) in [6.45, 7) is 0. The summed E-state index contributed by atoms with van der Waals surface area (Å²) in [4.78, 5) is 11.4. The molecule has 0 amide bonds. The Morgan fingerprint density at radius 1 is 1.47 bits per heavy atom. The van der Waals surface area contributed by atoms with Crippen molar-refractivity contribution >= 4 is 29.5 Å². The summed E-state index contributed by atoms with van der Waals surface area (Å²) in [6.07, 6.45) is 1.51. The van der Waals surface area contributed by atoms with Crippen LogP contribution in [0.5, 0.6) is 0 Å². The zero-order valence-electron chi connectivity index (χ0n) is 9.56. The van der Waals surface area contributed by atoms with Gasteiger partial charge in [-0.25, -0.2) is 4.79 Å². The number of rotatable bonds is 3. The van der Waals surface area contributed by atoms with Crippen LogP contribution >= 0.6 is 12.2 Å². The summed E-state index contributed by atoms with van der Waals surface area (Å²) in [5.74, 6) is -0.400. The highest BCUT2D eigenvalue weighted by Crippen LogP contribution is 2.07. The zero-order chi connectivity index (χ0) is 12.7. The number of carbonyl (C=O) groups is 1. The molecular formula is C11H13N3O2S. The molecule has 1 aromatic carbocycles. The molecule has 0 fully saturated rings. The standard InChI is InChI=1S/C11H13N3O2S/c1-12-11(17)14-13-7-8-5-3-4-6-9(8)10(15)16-2/h3-7H,1-2H3,(H2,12,14,17)/b13-7-. The van der Waals surface area contributed by atoms with Crippen molar-refractivity contribution in [2.45, 2.75) is 0 Å². The Kier molecular flexibility index (Phi) is 5.09. The van der Waals surface area contributed by atoms with Gasteiger partial charge in [0, 0.05) is 12.6 Å². The highest BCUT2D eigenvalue weighted by atomic mass is 32.1. The summed E-state index contributed by atoms with van der Waals surface area (Å²) in [5, 5.41) is 7.02. The Labute approximate surface area is 105 Å². The van der Waals surface area contributed by atoms with Crippen molar-refractivity contribution in [3.05, 3.63) is 35.4 Å². The van der Waals surface area contributed by atoms with E-state index in [1.807, 2.05) is 6.07 Å². The van der Waals surface area contributed by atoms with Crippen LogP contribution in [0.25, 0.3) is 0 Å². The molecular weight excluding hydrogens is 238 g/mol. The van der Waals surface area contributed by atoms with E-state index in [1.165, 1.54) is 13.3 Å². The van der Waals surface area contributed by atoms with Crippen molar-refractivity contribution in [2.75, 3.05) is 14.2 Å². The molecule has 0 heterocycles. The number of esters is 1. The summed E-state index contributed by atoms with van der Waals surface area (Å²) in [7, 11) is 3.03. The number of thiocarbonyl (C=S) groups is 1. The van der Waals surface area contributed by atoms with Gasteiger partial charge in [-0.15, -0.1) is 0 Å². The first-order valence-corrected chi connectivity index (χ1v) is 5.28. The second kappa shape index (κ2) is 6.59. The van der Waals surface area contributed by atoms with E-state index in [9.17, 15) is 4.79 Å². The third kappa shape index (κ3) is 3.84. The van der Waals surface area contributed by atoms with Crippen LogP contribution in [0.15, 0.2) is 29.4 Å². The van der Waals surface area contributed by atoms with Gasteiger partial charge in [-0.3, -0.25) is 5.43 Å². The highest BCUT2D eigenvalue weighted by Gasteiger charge is 2.08. The van der Waals surface area contributed by atoms with Gasteiger partial charge in [0.25, 0.3) is 0 Å². The number of ether oxygens (including phenoxy) is 1. The van der Waals surface area contributed by atoms with Crippen molar-refractivity contribution in [3.8, 4) is 0 Å². The van der Waals surface area contributed by atoms with E-state index in [1.54, 1.807) is 25.2 Å². The molecule has 0 unspecified atom stereocenters. The van der Waals surface area contributed by atoms with Crippen molar-refractivity contribution in [3.63, 3.8) is 0 Å². The minimum atomic E-state index is -0.400. The van der Waals surface area contributed by atoms with Gasteiger partial charge in [0.15, 0.2) is 5.11 Å². The fourth-order valence-corrected chi connectivity index (χ4v) is 1.17. The average Bonchev–Trinajstić information content (AvgIpc) is 2.38. The highest BCUT2D eigenvalue weighted by molar-refractivity contribution is 7.80. The molecule has 5 nitrogen and oxygen atoms in total. The number of carbonyl (C=O) groups excluding carboxylic acids is 1. The van der Waals surface area contributed by atoms with Crippen LogP contribution in [0.1, 0.15) is 15.9 Å². The van der Waals surface area contributed by atoms with E-state index in [4.69, 9.17) is 12.2 Å². The van der Waals surface area contributed by atoms with Crippen LogP contribution in [0, 0.1) is 0 Å². The molecule has 0 aromatic heterocycles. The van der Waals surface area contributed by atoms with Crippen LogP contribution < -0.4 is 10.7 Å². The lowest BCUT2D eigenvalue weighted by molar-refractivity contribution is 0.0600. The van der Waals surface area contributed by atoms with E-state index >= 15 is 0 Å². The fraction of sp³-hybridized carbons (Fsp3) is 0.182. The molecule has 6 heteroatoms. The molecule has 0 saturated carbocycles. The molecule has 0 atom stereocenters. The number of hydrogen-bond acceptors (Lipinski definition) is 4. The quantitative estimate of drug-likeness (QED) is 0.362. The molecule has 0 aliphatic heterocycles. The van der Waals surface area contributed by atoms with Gasteiger partial charge in [-0.05, 0) is 18.3 Å². The number of methoxy groups -OCH3 is 1. The van der Waals surface area contributed by atoms with Gasteiger partial charge in [0.2, 0.25) is 0 Å². The van der Waals surface area contributed by atoms with Gasteiger partial charge in [0.05, 0.1) is 18.9 Å². The average molecular weight is 251 g/mol. The summed E-state index contributed by atoms with van der Waals surface area (Å²) >= 11 is 4.85. The molecule has 90 valence electrons. The smallest absolute Gasteiger partial charge is 0.338 e. The second-order valence-corrected chi connectivity index (χ2v) is 3.44. The molecule has 2 N–H and O–H groups in total. The Morgan fingerprint density at radius 2 is 2.18 bits per heavy atom. The van der Waals surface area contributed by atoms with Crippen LogP contribution in [0.2, 0.25) is 0 Å². The van der Waals surface area contributed by atoms with Gasteiger partial charge < -0.3 is 10.1 Å². The SMILES string of the molecule is CNC(=S)N/N=C\c1ccccc1C(=O)OC. The maximum Gasteiger partial charge on any atom is 0.338 e. The molecule has 0 saturated heterocycles. The Hall–Kier alpha value is -1.95. The lowest BCUT2D eigenvalue weighted by Gasteiger charge is -2.03. The van der Waals surface area contributed by atoms with Crippen molar-refractivity contribution in [1.29, 1.82) is 0 Å². The predicted octanol–water partition coefficient (Wildman–Crippen LogP) is 0.901. The van der Waals surface area contributed by atoms with Crippen molar-refractivity contribution in [2.24, 2.45) is 5.10 Å². The maximum atomic E-state index is 11.4. The molecule has 1 aromatic rings. The molecule has 0 spiro atoms. The minimum absolute atomic E-state index is 0.400. The fourth-order valence-electron chi connectivity index (χ4n) is 1.12.